The minimum Gasteiger partial charge on any atom is -0.439 e. The van der Waals surface area contributed by atoms with Gasteiger partial charge >= 0.3 is 0 Å². The summed E-state index contributed by atoms with van der Waals surface area (Å²) in [5.41, 5.74) is 2.85. The molecule has 0 saturated heterocycles. The number of rotatable bonds is 3. The van der Waals surface area contributed by atoms with Crippen LogP contribution in [0.2, 0.25) is 0 Å². The van der Waals surface area contributed by atoms with Crippen molar-refractivity contribution in [3.05, 3.63) is 72.8 Å². The molecule has 0 aliphatic carbocycles. The highest BCUT2D eigenvalue weighted by molar-refractivity contribution is 5.80. The third kappa shape index (κ3) is 2.37. The van der Waals surface area contributed by atoms with Gasteiger partial charge in [0.25, 0.3) is 5.78 Å². The summed E-state index contributed by atoms with van der Waals surface area (Å²) in [5.74, 6) is 1.79. The van der Waals surface area contributed by atoms with E-state index in [0.29, 0.717) is 17.4 Å². The smallest absolute Gasteiger partial charge is 0.255 e. The topological polar surface area (TPSA) is 70.1 Å². The van der Waals surface area contributed by atoms with E-state index in [-0.39, 0.29) is 0 Å². The molecule has 0 fully saturated rings. The molecule has 2 aromatic carbocycles. The second kappa shape index (κ2) is 5.66. The number of hydrogen-bond donors (Lipinski definition) is 0. The van der Waals surface area contributed by atoms with Crippen molar-refractivity contribution >= 4 is 16.7 Å². The average Bonchev–Trinajstić information content (AvgIpc) is 3.29. The maximum Gasteiger partial charge on any atom is 0.255 e. The standard InChI is InChI=1S/C19H14N6O/c1-13-10-18(25-19(23-13)20-12-22-25)26-16-8-6-15(7-9-16)24-17-5-3-2-4-14(17)11-21-24/h2-12H,1H3. The van der Waals surface area contributed by atoms with Gasteiger partial charge in [0, 0.05) is 17.1 Å². The Labute approximate surface area is 148 Å². The van der Waals surface area contributed by atoms with E-state index in [2.05, 4.69) is 20.2 Å². The summed E-state index contributed by atoms with van der Waals surface area (Å²) in [4.78, 5) is 8.42. The second-order valence-corrected chi connectivity index (χ2v) is 5.92. The third-order valence-electron chi connectivity index (χ3n) is 4.13. The van der Waals surface area contributed by atoms with Crippen LogP contribution in [0.5, 0.6) is 11.6 Å². The lowest BCUT2D eigenvalue weighted by molar-refractivity contribution is 0.445. The van der Waals surface area contributed by atoms with Crippen molar-refractivity contribution in [3.63, 3.8) is 0 Å². The molecule has 5 aromatic rings. The molecule has 0 aliphatic rings. The fraction of sp³-hybridized carbons (Fsp3) is 0.0526. The highest BCUT2D eigenvalue weighted by Crippen LogP contribution is 2.24. The molecule has 0 saturated carbocycles. The molecular weight excluding hydrogens is 328 g/mol. The number of ether oxygens (including phenoxy) is 1. The van der Waals surface area contributed by atoms with Crippen molar-refractivity contribution < 1.29 is 4.74 Å². The van der Waals surface area contributed by atoms with Crippen LogP contribution in [-0.2, 0) is 0 Å². The number of para-hydroxylation sites is 1. The van der Waals surface area contributed by atoms with Gasteiger partial charge in [-0.25, -0.2) is 9.67 Å². The number of aryl methyl sites for hydroxylation is 1. The Balaban J connectivity index is 1.49. The van der Waals surface area contributed by atoms with Crippen molar-refractivity contribution in [1.29, 1.82) is 0 Å². The van der Waals surface area contributed by atoms with Gasteiger partial charge in [-0.3, -0.25) is 0 Å². The highest BCUT2D eigenvalue weighted by atomic mass is 16.5. The average molecular weight is 342 g/mol. The predicted octanol–water partition coefficient (Wildman–Crippen LogP) is 3.56. The van der Waals surface area contributed by atoms with E-state index in [1.165, 1.54) is 6.33 Å². The Kier molecular flexibility index (Phi) is 3.18. The maximum absolute atomic E-state index is 5.98. The first-order valence-corrected chi connectivity index (χ1v) is 8.16. The fourth-order valence-corrected chi connectivity index (χ4v) is 2.92. The van der Waals surface area contributed by atoms with Gasteiger partial charge in [0.05, 0.1) is 17.4 Å². The zero-order valence-electron chi connectivity index (χ0n) is 13.9. The Morgan fingerprint density at radius 2 is 1.81 bits per heavy atom. The van der Waals surface area contributed by atoms with E-state index in [1.807, 2.05) is 72.4 Å². The maximum atomic E-state index is 5.98. The third-order valence-corrected chi connectivity index (χ3v) is 4.13. The first-order valence-electron chi connectivity index (χ1n) is 8.16. The summed E-state index contributed by atoms with van der Waals surface area (Å²) in [5, 5.41) is 9.73. The summed E-state index contributed by atoms with van der Waals surface area (Å²) >= 11 is 0. The lowest BCUT2D eigenvalue weighted by Gasteiger charge is -2.09. The summed E-state index contributed by atoms with van der Waals surface area (Å²) in [6.07, 6.45) is 3.32. The van der Waals surface area contributed by atoms with Crippen LogP contribution in [-0.4, -0.2) is 29.4 Å². The van der Waals surface area contributed by atoms with Gasteiger partial charge in [0.1, 0.15) is 12.1 Å². The molecule has 26 heavy (non-hydrogen) atoms. The molecule has 3 aromatic heterocycles. The molecule has 0 amide bonds. The zero-order chi connectivity index (χ0) is 17.5. The van der Waals surface area contributed by atoms with Crippen molar-refractivity contribution in [2.24, 2.45) is 0 Å². The number of nitrogens with zero attached hydrogens (tertiary/aromatic N) is 6. The fourth-order valence-electron chi connectivity index (χ4n) is 2.92. The molecule has 0 atom stereocenters. The van der Waals surface area contributed by atoms with Crippen LogP contribution in [0.15, 0.2) is 67.1 Å². The quantitative estimate of drug-likeness (QED) is 0.501. The van der Waals surface area contributed by atoms with Gasteiger partial charge in [-0.15, -0.1) is 0 Å². The van der Waals surface area contributed by atoms with E-state index >= 15 is 0 Å². The monoisotopic (exact) mass is 342 g/mol. The number of aromatic nitrogens is 6. The van der Waals surface area contributed by atoms with Crippen molar-refractivity contribution in [2.45, 2.75) is 6.92 Å². The molecule has 7 nitrogen and oxygen atoms in total. The molecule has 0 N–H and O–H groups in total. The Morgan fingerprint density at radius 3 is 2.69 bits per heavy atom. The van der Waals surface area contributed by atoms with Crippen molar-refractivity contribution in [3.8, 4) is 17.3 Å². The summed E-state index contributed by atoms with van der Waals surface area (Å²) in [6, 6.07) is 17.7. The Morgan fingerprint density at radius 1 is 0.962 bits per heavy atom. The molecule has 5 rings (SSSR count). The van der Waals surface area contributed by atoms with Crippen molar-refractivity contribution in [2.75, 3.05) is 0 Å². The van der Waals surface area contributed by atoms with Crippen LogP contribution in [0.25, 0.3) is 22.4 Å². The van der Waals surface area contributed by atoms with Gasteiger partial charge in [0.2, 0.25) is 5.88 Å². The number of hydrogen-bond acceptors (Lipinski definition) is 5. The largest absolute Gasteiger partial charge is 0.439 e. The first kappa shape index (κ1) is 14.6. The van der Waals surface area contributed by atoms with Gasteiger partial charge in [0.15, 0.2) is 0 Å². The van der Waals surface area contributed by atoms with Gasteiger partial charge < -0.3 is 4.74 Å². The lowest BCUT2D eigenvalue weighted by atomic mass is 10.2. The first-order chi connectivity index (χ1) is 12.8. The molecular formula is C19H14N6O. The molecule has 126 valence electrons. The minimum absolute atomic E-state index is 0.514. The molecule has 0 aliphatic heterocycles. The number of benzene rings is 2. The van der Waals surface area contributed by atoms with Crippen LogP contribution >= 0.6 is 0 Å². The van der Waals surface area contributed by atoms with E-state index in [1.54, 1.807) is 4.52 Å². The van der Waals surface area contributed by atoms with E-state index < -0.39 is 0 Å². The molecule has 3 heterocycles. The van der Waals surface area contributed by atoms with Crippen LogP contribution in [0, 0.1) is 6.92 Å². The minimum atomic E-state index is 0.514. The van der Waals surface area contributed by atoms with Crippen LogP contribution < -0.4 is 4.74 Å². The van der Waals surface area contributed by atoms with E-state index in [0.717, 1.165) is 22.3 Å². The summed E-state index contributed by atoms with van der Waals surface area (Å²) < 4.78 is 9.46. The SMILES string of the molecule is Cc1cc(Oc2ccc(-n3ncc4ccccc43)cc2)n2ncnc2n1. The highest BCUT2D eigenvalue weighted by Gasteiger charge is 2.09. The van der Waals surface area contributed by atoms with Crippen LogP contribution in [0.3, 0.4) is 0 Å². The van der Waals surface area contributed by atoms with Gasteiger partial charge in [-0.1, -0.05) is 18.2 Å². The second-order valence-electron chi connectivity index (χ2n) is 5.92. The summed E-state index contributed by atoms with van der Waals surface area (Å²) in [7, 11) is 0. The molecule has 7 heteroatoms. The Hall–Kier alpha value is -3.74. The zero-order valence-corrected chi connectivity index (χ0v) is 13.9. The summed E-state index contributed by atoms with van der Waals surface area (Å²) in [6.45, 7) is 1.90. The molecule has 0 spiro atoms. The lowest BCUT2D eigenvalue weighted by Crippen LogP contribution is -2.00. The van der Waals surface area contributed by atoms with E-state index in [9.17, 15) is 0 Å². The normalized spacial score (nSPS) is 11.3. The Bertz CT molecular complexity index is 1220. The van der Waals surface area contributed by atoms with Gasteiger partial charge in [-0.2, -0.15) is 19.7 Å². The van der Waals surface area contributed by atoms with Crippen LogP contribution in [0.4, 0.5) is 0 Å². The number of fused-ring (bicyclic) bond motifs is 2. The molecule has 0 radical (unpaired) electrons. The van der Waals surface area contributed by atoms with E-state index in [4.69, 9.17) is 4.74 Å². The van der Waals surface area contributed by atoms with Crippen molar-refractivity contribution in [1.82, 2.24) is 29.4 Å². The molecule has 0 unspecified atom stereocenters. The van der Waals surface area contributed by atoms with Crippen LogP contribution in [0.1, 0.15) is 5.69 Å². The molecule has 0 bridgehead atoms. The predicted molar refractivity (Wildman–Crippen MR) is 96.7 cm³/mol. The van der Waals surface area contributed by atoms with Gasteiger partial charge in [-0.05, 0) is 37.3 Å².